The van der Waals surface area contributed by atoms with Crippen molar-refractivity contribution in [3.05, 3.63) is 72.3 Å². The van der Waals surface area contributed by atoms with Gasteiger partial charge in [-0.1, -0.05) is 42.5 Å². The van der Waals surface area contributed by atoms with Crippen LogP contribution in [-0.4, -0.2) is 13.3 Å². The summed E-state index contributed by atoms with van der Waals surface area (Å²) in [6.45, 7) is 0. The summed E-state index contributed by atoms with van der Waals surface area (Å²) < 4.78 is 5.19. The molecule has 3 aromatic carbocycles. The predicted octanol–water partition coefficient (Wildman–Crippen LogP) is 4.29. The molecule has 3 nitrogen and oxygen atoms in total. The van der Waals surface area contributed by atoms with Crippen LogP contribution in [0.3, 0.4) is 0 Å². The van der Waals surface area contributed by atoms with Crippen molar-refractivity contribution in [1.29, 1.82) is 0 Å². The number of ether oxygens (including phenoxy) is 1. The van der Waals surface area contributed by atoms with E-state index in [0.717, 1.165) is 17.0 Å². The van der Waals surface area contributed by atoms with Gasteiger partial charge in [-0.3, -0.25) is 5.43 Å². The minimum absolute atomic E-state index is 0.824. The molecule has 0 aliphatic rings. The lowest BCUT2D eigenvalue weighted by atomic mass is 10.1. The molecule has 3 rings (SSSR count). The highest BCUT2D eigenvalue weighted by molar-refractivity contribution is 5.86. The third kappa shape index (κ3) is 3.20. The number of benzene rings is 3. The van der Waals surface area contributed by atoms with Gasteiger partial charge < -0.3 is 4.74 Å². The molecule has 21 heavy (non-hydrogen) atoms. The second-order valence-corrected chi connectivity index (χ2v) is 4.71. The first-order valence-corrected chi connectivity index (χ1v) is 6.77. The van der Waals surface area contributed by atoms with E-state index in [1.54, 1.807) is 13.3 Å². The Kier molecular flexibility index (Phi) is 3.83. The minimum atomic E-state index is 0.824. The fourth-order valence-corrected chi connectivity index (χ4v) is 2.16. The zero-order valence-corrected chi connectivity index (χ0v) is 11.8. The first-order valence-electron chi connectivity index (χ1n) is 6.77. The van der Waals surface area contributed by atoms with Crippen molar-refractivity contribution in [2.45, 2.75) is 0 Å². The molecular formula is C18H16N2O. The van der Waals surface area contributed by atoms with Gasteiger partial charge in [0.15, 0.2) is 0 Å². The Balaban J connectivity index is 1.74. The number of rotatable bonds is 4. The topological polar surface area (TPSA) is 33.6 Å². The van der Waals surface area contributed by atoms with E-state index in [2.05, 4.69) is 34.8 Å². The van der Waals surface area contributed by atoms with Crippen LogP contribution in [0, 0.1) is 0 Å². The highest BCUT2D eigenvalue weighted by atomic mass is 16.5. The number of hydrogen-bond acceptors (Lipinski definition) is 3. The van der Waals surface area contributed by atoms with Crippen LogP contribution >= 0.6 is 0 Å². The molecule has 0 bridgehead atoms. The maximum Gasteiger partial charge on any atom is 0.119 e. The summed E-state index contributed by atoms with van der Waals surface area (Å²) in [5.41, 5.74) is 5.01. The lowest BCUT2D eigenvalue weighted by Gasteiger charge is -2.03. The summed E-state index contributed by atoms with van der Waals surface area (Å²) in [4.78, 5) is 0. The monoisotopic (exact) mass is 276 g/mol. The maximum atomic E-state index is 5.19. The van der Waals surface area contributed by atoms with Gasteiger partial charge in [-0.05, 0) is 40.6 Å². The fourth-order valence-electron chi connectivity index (χ4n) is 2.16. The zero-order chi connectivity index (χ0) is 14.5. The maximum absolute atomic E-state index is 5.19. The molecule has 0 radical (unpaired) electrons. The first-order chi connectivity index (χ1) is 10.3. The molecule has 1 N–H and O–H groups in total. The summed E-state index contributed by atoms with van der Waals surface area (Å²) in [7, 11) is 1.66. The lowest BCUT2D eigenvalue weighted by molar-refractivity contribution is 0.415. The number of nitrogens with zero attached hydrogens (tertiary/aromatic N) is 1. The van der Waals surface area contributed by atoms with Crippen molar-refractivity contribution in [1.82, 2.24) is 0 Å². The Hall–Kier alpha value is -2.81. The molecule has 0 spiro atoms. The Morgan fingerprint density at radius 1 is 0.905 bits per heavy atom. The molecule has 0 heterocycles. The van der Waals surface area contributed by atoms with Crippen LogP contribution in [0.25, 0.3) is 10.8 Å². The highest BCUT2D eigenvalue weighted by Crippen LogP contribution is 2.18. The van der Waals surface area contributed by atoms with Gasteiger partial charge in [0.2, 0.25) is 0 Å². The molecule has 0 unspecified atom stereocenters. The molecule has 104 valence electrons. The largest absolute Gasteiger partial charge is 0.497 e. The normalized spacial score (nSPS) is 10.9. The van der Waals surface area contributed by atoms with Crippen molar-refractivity contribution in [3.63, 3.8) is 0 Å². The summed E-state index contributed by atoms with van der Waals surface area (Å²) in [5.74, 6) is 0.824. The molecule has 0 atom stereocenters. The van der Waals surface area contributed by atoms with E-state index < -0.39 is 0 Å². The molecular weight excluding hydrogens is 260 g/mol. The number of fused-ring (bicyclic) bond motifs is 1. The Morgan fingerprint density at radius 2 is 1.76 bits per heavy atom. The van der Waals surface area contributed by atoms with Gasteiger partial charge in [0.25, 0.3) is 0 Å². The Labute approximate surface area is 123 Å². The van der Waals surface area contributed by atoms with Crippen LogP contribution in [-0.2, 0) is 0 Å². The van der Waals surface area contributed by atoms with E-state index >= 15 is 0 Å². The SMILES string of the molecule is COc1cccc(/C=N\Nc2ccc3ccccc3c2)c1. The van der Waals surface area contributed by atoms with Gasteiger partial charge in [0, 0.05) is 0 Å². The average molecular weight is 276 g/mol. The molecule has 0 aliphatic carbocycles. The molecule has 0 aromatic heterocycles. The summed E-state index contributed by atoms with van der Waals surface area (Å²) in [6.07, 6.45) is 1.78. The van der Waals surface area contributed by atoms with Crippen LogP contribution in [0.4, 0.5) is 5.69 Å². The zero-order valence-electron chi connectivity index (χ0n) is 11.8. The van der Waals surface area contributed by atoms with Gasteiger partial charge in [-0.2, -0.15) is 5.10 Å². The van der Waals surface area contributed by atoms with Crippen molar-refractivity contribution in [2.24, 2.45) is 5.10 Å². The lowest BCUT2D eigenvalue weighted by Crippen LogP contribution is -1.91. The number of hydrogen-bond donors (Lipinski definition) is 1. The molecule has 0 saturated carbocycles. The highest BCUT2D eigenvalue weighted by Gasteiger charge is 1.95. The molecule has 0 saturated heterocycles. The standard InChI is InChI=1S/C18H16N2O/c1-21-18-8-4-5-14(11-18)13-19-20-17-10-9-15-6-2-3-7-16(15)12-17/h2-13,20H,1H3/b19-13-. The van der Waals surface area contributed by atoms with E-state index in [0.29, 0.717) is 0 Å². The minimum Gasteiger partial charge on any atom is -0.497 e. The fraction of sp³-hybridized carbons (Fsp3) is 0.0556. The smallest absolute Gasteiger partial charge is 0.119 e. The van der Waals surface area contributed by atoms with E-state index in [9.17, 15) is 0 Å². The predicted molar refractivity (Wildman–Crippen MR) is 88.2 cm³/mol. The summed E-state index contributed by atoms with van der Waals surface area (Å²) >= 11 is 0. The van der Waals surface area contributed by atoms with Crippen LogP contribution in [0.15, 0.2) is 71.8 Å². The van der Waals surface area contributed by atoms with E-state index in [1.807, 2.05) is 42.5 Å². The molecule has 3 aromatic rings. The third-order valence-corrected chi connectivity index (χ3v) is 3.25. The van der Waals surface area contributed by atoms with E-state index in [4.69, 9.17) is 4.74 Å². The van der Waals surface area contributed by atoms with E-state index in [-0.39, 0.29) is 0 Å². The van der Waals surface area contributed by atoms with Gasteiger partial charge in [-0.25, -0.2) is 0 Å². The molecule has 0 aliphatic heterocycles. The number of nitrogens with one attached hydrogen (secondary N) is 1. The molecule has 3 heteroatoms. The number of anilines is 1. The quantitative estimate of drug-likeness (QED) is 0.569. The second kappa shape index (κ2) is 6.09. The van der Waals surface area contributed by atoms with Crippen molar-refractivity contribution < 1.29 is 4.74 Å². The first kappa shape index (κ1) is 13.2. The number of hydrazone groups is 1. The summed E-state index contributed by atoms with van der Waals surface area (Å²) in [5, 5.41) is 6.68. The van der Waals surface area contributed by atoms with Crippen molar-refractivity contribution in [3.8, 4) is 5.75 Å². The van der Waals surface area contributed by atoms with Gasteiger partial charge >= 0.3 is 0 Å². The number of methoxy groups -OCH3 is 1. The average Bonchev–Trinajstić information content (AvgIpc) is 2.55. The Morgan fingerprint density at radius 3 is 2.62 bits per heavy atom. The van der Waals surface area contributed by atoms with Gasteiger partial charge in [-0.15, -0.1) is 0 Å². The van der Waals surface area contributed by atoms with Crippen LogP contribution < -0.4 is 10.2 Å². The second-order valence-electron chi connectivity index (χ2n) is 4.71. The van der Waals surface area contributed by atoms with Gasteiger partial charge in [0.05, 0.1) is 19.0 Å². The molecule has 0 fully saturated rings. The third-order valence-electron chi connectivity index (χ3n) is 3.25. The van der Waals surface area contributed by atoms with Gasteiger partial charge in [0.1, 0.15) is 5.75 Å². The van der Waals surface area contributed by atoms with Crippen molar-refractivity contribution >= 4 is 22.7 Å². The van der Waals surface area contributed by atoms with Crippen molar-refractivity contribution in [2.75, 3.05) is 12.5 Å². The summed E-state index contributed by atoms with van der Waals surface area (Å²) in [6, 6.07) is 22.2. The van der Waals surface area contributed by atoms with Crippen LogP contribution in [0.5, 0.6) is 5.75 Å². The van der Waals surface area contributed by atoms with Crippen LogP contribution in [0.1, 0.15) is 5.56 Å². The molecule has 0 amide bonds. The van der Waals surface area contributed by atoms with E-state index in [1.165, 1.54) is 10.8 Å². The van der Waals surface area contributed by atoms with Crippen LogP contribution in [0.2, 0.25) is 0 Å². The Bertz CT molecular complexity index is 781.